The van der Waals surface area contributed by atoms with E-state index in [-0.39, 0.29) is 24.5 Å². The summed E-state index contributed by atoms with van der Waals surface area (Å²) in [7, 11) is -3.09. The van der Waals surface area contributed by atoms with Crippen molar-refractivity contribution in [3.63, 3.8) is 0 Å². The molecule has 134 valence electrons. The molecular weight excluding hydrogens is 346 g/mol. The number of nitrogens with one attached hydrogen (secondary N) is 2. The number of hydrogen-bond donors (Lipinski definition) is 2. The number of nitrogens with zero attached hydrogens (tertiary/aromatic N) is 1. The van der Waals surface area contributed by atoms with Crippen molar-refractivity contribution in [3.05, 3.63) is 35.9 Å². The standard InChI is InChI=1S/C16H19N3O5S/c20-14(17-12-6-7-25(23,24)10-12)8-13-15(21)19(16(22)18-13)9-11-4-2-1-3-5-11/h1-5,12-13H,6-10H2,(H,17,20)(H,18,22)/t12-,13-/m1/s1. The Morgan fingerprint density at radius 1 is 1.24 bits per heavy atom. The monoisotopic (exact) mass is 365 g/mol. The molecule has 2 aliphatic rings. The van der Waals surface area contributed by atoms with Gasteiger partial charge in [0.15, 0.2) is 9.84 Å². The minimum Gasteiger partial charge on any atom is -0.352 e. The molecule has 9 heteroatoms. The molecule has 25 heavy (non-hydrogen) atoms. The zero-order valence-corrected chi connectivity index (χ0v) is 14.3. The third-order valence-electron chi connectivity index (χ3n) is 4.28. The van der Waals surface area contributed by atoms with Crippen LogP contribution in [0.1, 0.15) is 18.4 Å². The van der Waals surface area contributed by atoms with Crippen LogP contribution in [0.2, 0.25) is 0 Å². The number of hydrogen-bond acceptors (Lipinski definition) is 5. The van der Waals surface area contributed by atoms with E-state index in [0.29, 0.717) is 6.42 Å². The smallest absolute Gasteiger partial charge is 0.325 e. The van der Waals surface area contributed by atoms with Crippen LogP contribution in [0.4, 0.5) is 4.79 Å². The summed E-state index contributed by atoms with van der Waals surface area (Å²) in [4.78, 5) is 37.5. The predicted molar refractivity (Wildman–Crippen MR) is 89.1 cm³/mol. The predicted octanol–water partition coefficient (Wildman–Crippen LogP) is -0.200. The van der Waals surface area contributed by atoms with E-state index in [2.05, 4.69) is 10.6 Å². The van der Waals surface area contributed by atoms with E-state index in [0.717, 1.165) is 10.5 Å². The van der Waals surface area contributed by atoms with Crippen molar-refractivity contribution < 1.29 is 22.8 Å². The Morgan fingerprint density at radius 3 is 2.60 bits per heavy atom. The van der Waals surface area contributed by atoms with Crippen LogP contribution in [0.25, 0.3) is 0 Å². The SMILES string of the molecule is O=C(C[C@H]1NC(=O)N(Cc2ccccc2)C1=O)N[C@@H]1CCS(=O)(=O)C1. The summed E-state index contributed by atoms with van der Waals surface area (Å²) in [5.74, 6) is -0.920. The topological polar surface area (TPSA) is 113 Å². The Balaban J connectivity index is 1.56. The van der Waals surface area contributed by atoms with Gasteiger partial charge < -0.3 is 10.6 Å². The first kappa shape index (κ1) is 17.4. The molecule has 2 heterocycles. The number of amides is 4. The molecule has 2 N–H and O–H groups in total. The van der Waals surface area contributed by atoms with Gasteiger partial charge in [-0.25, -0.2) is 13.2 Å². The molecule has 0 spiro atoms. The van der Waals surface area contributed by atoms with Gasteiger partial charge in [-0.15, -0.1) is 0 Å². The lowest BCUT2D eigenvalue weighted by atomic mass is 10.1. The average Bonchev–Trinajstić information content (AvgIpc) is 3.02. The van der Waals surface area contributed by atoms with Gasteiger partial charge in [0.25, 0.3) is 5.91 Å². The number of carbonyl (C=O) groups is 3. The highest BCUT2D eigenvalue weighted by Crippen LogP contribution is 2.15. The molecule has 0 aromatic heterocycles. The maximum atomic E-state index is 12.4. The van der Waals surface area contributed by atoms with E-state index in [1.165, 1.54) is 0 Å². The maximum absolute atomic E-state index is 12.4. The largest absolute Gasteiger partial charge is 0.352 e. The molecule has 0 aliphatic carbocycles. The van der Waals surface area contributed by atoms with Crippen molar-refractivity contribution in [2.45, 2.75) is 31.5 Å². The molecule has 0 bridgehead atoms. The molecule has 2 fully saturated rings. The van der Waals surface area contributed by atoms with Gasteiger partial charge in [-0.1, -0.05) is 30.3 Å². The normalized spacial score (nSPS) is 25.0. The van der Waals surface area contributed by atoms with E-state index in [1.54, 1.807) is 12.1 Å². The van der Waals surface area contributed by atoms with Gasteiger partial charge >= 0.3 is 6.03 Å². The van der Waals surface area contributed by atoms with Crippen molar-refractivity contribution in [1.29, 1.82) is 0 Å². The Kier molecular flexibility index (Phi) is 4.76. The number of benzene rings is 1. The van der Waals surface area contributed by atoms with Crippen molar-refractivity contribution in [2.75, 3.05) is 11.5 Å². The summed E-state index contributed by atoms with van der Waals surface area (Å²) in [5, 5.41) is 5.13. The van der Waals surface area contributed by atoms with E-state index < -0.39 is 39.8 Å². The molecule has 2 aliphatic heterocycles. The van der Waals surface area contributed by atoms with Gasteiger partial charge in [-0.3, -0.25) is 14.5 Å². The molecule has 2 atom stereocenters. The lowest BCUT2D eigenvalue weighted by molar-refractivity contribution is -0.131. The van der Waals surface area contributed by atoms with E-state index >= 15 is 0 Å². The molecule has 4 amide bonds. The van der Waals surface area contributed by atoms with Gasteiger partial charge in [-0.05, 0) is 12.0 Å². The lowest BCUT2D eigenvalue weighted by Crippen LogP contribution is -2.41. The molecule has 3 rings (SSSR count). The first-order valence-corrected chi connectivity index (χ1v) is 9.82. The highest BCUT2D eigenvalue weighted by molar-refractivity contribution is 7.91. The van der Waals surface area contributed by atoms with Crippen LogP contribution in [0.3, 0.4) is 0 Å². The first-order chi connectivity index (χ1) is 11.8. The minimum absolute atomic E-state index is 0.0574. The Hall–Kier alpha value is -2.42. The van der Waals surface area contributed by atoms with Crippen molar-refractivity contribution in [2.24, 2.45) is 0 Å². The van der Waals surface area contributed by atoms with Crippen molar-refractivity contribution >= 4 is 27.7 Å². The summed E-state index contributed by atoms with van der Waals surface area (Å²) in [6, 6.07) is 7.20. The van der Waals surface area contributed by atoms with Crippen LogP contribution < -0.4 is 10.6 Å². The van der Waals surface area contributed by atoms with Crippen LogP contribution in [-0.4, -0.2) is 54.8 Å². The molecule has 0 saturated carbocycles. The summed E-state index contributed by atoms with van der Waals surface area (Å²) in [6.45, 7) is 0.143. The van der Waals surface area contributed by atoms with Crippen LogP contribution in [0.5, 0.6) is 0 Å². The number of imide groups is 1. The zero-order valence-electron chi connectivity index (χ0n) is 13.5. The third-order valence-corrected chi connectivity index (χ3v) is 6.05. The van der Waals surface area contributed by atoms with E-state index in [9.17, 15) is 22.8 Å². The van der Waals surface area contributed by atoms with Crippen LogP contribution in [0.15, 0.2) is 30.3 Å². The number of urea groups is 1. The summed E-state index contributed by atoms with van der Waals surface area (Å²) < 4.78 is 22.8. The van der Waals surface area contributed by atoms with E-state index in [1.807, 2.05) is 18.2 Å². The number of sulfone groups is 1. The molecule has 8 nitrogen and oxygen atoms in total. The number of carbonyl (C=O) groups excluding carboxylic acids is 3. The second-order valence-corrected chi connectivity index (χ2v) is 8.51. The van der Waals surface area contributed by atoms with E-state index in [4.69, 9.17) is 0 Å². The molecule has 2 saturated heterocycles. The molecule has 0 unspecified atom stereocenters. The molecular formula is C16H19N3O5S. The fraction of sp³-hybridized carbons (Fsp3) is 0.438. The van der Waals surface area contributed by atoms with Gasteiger partial charge in [-0.2, -0.15) is 0 Å². The van der Waals surface area contributed by atoms with Crippen LogP contribution >= 0.6 is 0 Å². The number of rotatable bonds is 5. The van der Waals surface area contributed by atoms with Gasteiger partial charge in [0.05, 0.1) is 24.5 Å². The Labute approximate surface area is 145 Å². The molecule has 0 radical (unpaired) electrons. The zero-order chi connectivity index (χ0) is 18.0. The van der Waals surface area contributed by atoms with Crippen LogP contribution in [0, 0.1) is 0 Å². The minimum atomic E-state index is -3.09. The maximum Gasteiger partial charge on any atom is 0.325 e. The fourth-order valence-corrected chi connectivity index (χ4v) is 4.69. The second-order valence-electron chi connectivity index (χ2n) is 6.28. The third kappa shape index (κ3) is 4.16. The molecule has 1 aromatic carbocycles. The summed E-state index contributed by atoms with van der Waals surface area (Å²) in [6.07, 6.45) is 0.172. The lowest BCUT2D eigenvalue weighted by Gasteiger charge is -2.14. The quantitative estimate of drug-likeness (QED) is 0.702. The van der Waals surface area contributed by atoms with Crippen molar-refractivity contribution in [1.82, 2.24) is 15.5 Å². The average molecular weight is 365 g/mol. The van der Waals surface area contributed by atoms with Crippen molar-refractivity contribution in [3.8, 4) is 0 Å². The second kappa shape index (κ2) is 6.83. The highest BCUT2D eigenvalue weighted by atomic mass is 32.2. The first-order valence-electron chi connectivity index (χ1n) is 8.00. The summed E-state index contributed by atoms with van der Waals surface area (Å²) >= 11 is 0. The highest BCUT2D eigenvalue weighted by Gasteiger charge is 2.39. The van der Waals surface area contributed by atoms with Gasteiger partial charge in [0.2, 0.25) is 5.91 Å². The summed E-state index contributed by atoms with van der Waals surface area (Å²) in [5.41, 5.74) is 0.812. The molecule has 1 aromatic rings. The van der Waals surface area contributed by atoms with Gasteiger partial charge in [0, 0.05) is 6.04 Å². The Bertz CT molecular complexity index is 793. The van der Waals surface area contributed by atoms with Gasteiger partial charge in [0.1, 0.15) is 6.04 Å². The fourth-order valence-electron chi connectivity index (χ4n) is 3.01. The van der Waals surface area contributed by atoms with Crippen LogP contribution in [-0.2, 0) is 26.0 Å². The Morgan fingerprint density at radius 2 is 1.96 bits per heavy atom.